The van der Waals surface area contributed by atoms with E-state index in [4.69, 9.17) is 4.74 Å². The third-order valence-electron chi connectivity index (χ3n) is 4.63. The van der Waals surface area contributed by atoms with Crippen molar-refractivity contribution in [3.63, 3.8) is 0 Å². The number of carbonyl (C=O) groups excluding carboxylic acids is 1. The summed E-state index contributed by atoms with van der Waals surface area (Å²) in [5, 5.41) is 0. The Labute approximate surface area is 124 Å². The molecule has 2 atom stereocenters. The zero-order chi connectivity index (χ0) is 14.3. The van der Waals surface area contributed by atoms with E-state index in [0.717, 1.165) is 12.1 Å². The molecule has 21 heavy (non-hydrogen) atoms. The highest BCUT2D eigenvalue weighted by Crippen LogP contribution is 2.56. The third-order valence-corrected chi connectivity index (χ3v) is 4.63. The summed E-state index contributed by atoms with van der Waals surface area (Å²) in [4.78, 5) is 14.7. The van der Waals surface area contributed by atoms with Crippen molar-refractivity contribution in [1.82, 2.24) is 0 Å². The molecule has 2 aliphatic heterocycles. The second-order valence-electron chi connectivity index (χ2n) is 5.78. The van der Waals surface area contributed by atoms with Gasteiger partial charge < -0.3 is 9.64 Å². The van der Waals surface area contributed by atoms with E-state index >= 15 is 0 Å². The fourth-order valence-electron chi connectivity index (χ4n) is 3.58. The van der Waals surface area contributed by atoms with Gasteiger partial charge in [0, 0.05) is 12.3 Å². The second kappa shape index (κ2) is 4.71. The molecular formula is C18H17NO2. The molecule has 3 nitrogen and oxygen atoms in total. The minimum Gasteiger partial charge on any atom is -0.380 e. The van der Waals surface area contributed by atoms with E-state index < -0.39 is 0 Å². The number of ether oxygens (including phenoxy) is 1. The van der Waals surface area contributed by atoms with Gasteiger partial charge >= 0.3 is 0 Å². The summed E-state index contributed by atoms with van der Waals surface area (Å²) in [6.07, 6.45) is 0.814. The van der Waals surface area contributed by atoms with Crippen LogP contribution in [0.4, 0.5) is 5.69 Å². The van der Waals surface area contributed by atoms with Crippen LogP contribution in [-0.4, -0.2) is 19.1 Å². The van der Waals surface area contributed by atoms with Crippen LogP contribution in [0.1, 0.15) is 18.0 Å². The second-order valence-corrected chi connectivity index (χ2v) is 5.78. The van der Waals surface area contributed by atoms with Gasteiger partial charge in [-0.3, -0.25) is 4.79 Å². The van der Waals surface area contributed by atoms with E-state index in [1.165, 1.54) is 5.56 Å². The molecule has 2 aromatic rings. The maximum atomic E-state index is 12.8. The van der Waals surface area contributed by atoms with Crippen molar-refractivity contribution in [3.05, 3.63) is 66.2 Å². The lowest BCUT2D eigenvalue weighted by Crippen LogP contribution is -2.64. The lowest BCUT2D eigenvalue weighted by Gasteiger charge is -2.54. The lowest BCUT2D eigenvalue weighted by atomic mass is 9.67. The van der Waals surface area contributed by atoms with Crippen LogP contribution in [-0.2, 0) is 9.53 Å². The highest BCUT2D eigenvalue weighted by molar-refractivity contribution is 6.06. The summed E-state index contributed by atoms with van der Waals surface area (Å²) < 4.78 is 5.56. The normalized spacial score (nSPS) is 27.9. The molecule has 0 unspecified atom stereocenters. The van der Waals surface area contributed by atoms with Crippen molar-refractivity contribution < 1.29 is 9.53 Å². The van der Waals surface area contributed by atoms with Crippen molar-refractivity contribution in [2.24, 2.45) is 5.41 Å². The van der Waals surface area contributed by atoms with Gasteiger partial charge in [-0.05, 0) is 24.1 Å². The van der Waals surface area contributed by atoms with Crippen molar-refractivity contribution in [2.75, 3.05) is 18.1 Å². The maximum Gasteiger partial charge on any atom is 0.238 e. The molecule has 2 heterocycles. The van der Waals surface area contributed by atoms with Crippen LogP contribution in [0.25, 0.3) is 0 Å². The lowest BCUT2D eigenvalue weighted by molar-refractivity contribution is -0.140. The standard InChI is InChI=1S/C18H17NO2/c20-17-18(11-12-21-13-18)16(14-7-3-1-4-8-14)19(17)15-9-5-2-6-10-15/h1-10,16H,11-13H2/t16-,18+/m0/s1. The zero-order valence-electron chi connectivity index (χ0n) is 11.7. The molecule has 2 saturated heterocycles. The maximum absolute atomic E-state index is 12.8. The van der Waals surface area contributed by atoms with Gasteiger partial charge in [-0.15, -0.1) is 0 Å². The molecule has 3 heteroatoms. The molecule has 0 N–H and O–H groups in total. The molecule has 2 fully saturated rings. The first kappa shape index (κ1) is 12.6. The quantitative estimate of drug-likeness (QED) is 0.790. The van der Waals surface area contributed by atoms with Gasteiger partial charge in [0.05, 0.1) is 12.6 Å². The zero-order valence-corrected chi connectivity index (χ0v) is 11.7. The summed E-state index contributed by atoms with van der Waals surface area (Å²) in [6.45, 7) is 1.21. The van der Waals surface area contributed by atoms with E-state index in [-0.39, 0.29) is 17.4 Å². The Morgan fingerprint density at radius 1 is 1.00 bits per heavy atom. The Balaban J connectivity index is 1.79. The molecule has 2 aliphatic rings. The summed E-state index contributed by atoms with van der Waals surface area (Å²) in [5.74, 6) is 0.194. The largest absolute Gasteiger partial charge is 0.380 e. The molecule has 0 aliphatic carbocycles. The number of para-hydroxylation sites is 1. The van der Waals surface area contributed by atoms with Gasteiger partial charge in [0.15, 0.2) is 0 Å². The van der Waals surface area contributed by atoms with Gasteiger partial charge in [0.1, 0.15) is 5.41 Å². The Bertz CT molecular complexity index is 647. The van der Waals surface area contributed by atoms with Gasteiger partial charge in [0.2, 0.25) is 5.91 Å². The highest BCUT2D eigenvalue weighted by Gasteiger charge is 2.63. The van der Waals surface area contributed by atoms with Crippen LogP contribution < -0.4 is 4.90 Å². The van der Waals surface area contributed by atoms with Crippen molar-refractivity contribution in [2.45, 2.75) is 12.5 Å². The first-order valence-electron chi connectivity index (χ1n) is 7.34. The Hall–Kier alpha value is -2.13. The number of rotatable bonds is 2. The van der Waals surface area contributed by atoms with E-state index in [1.54, 1.807) is 0 Å². The van der Waals surface area contributed by atoms with Crippen LogP contribution in [0.2, 0.25) is 0 Å². The summed E-state index contributed by atoms with van der Waals surface area (Å²) >= 11 is 0. The van der Waals surface area contributed by atoms with Crippen LogP contribution in [0, 0.1) is 5.41 Å². The topological polar surface area (TPSA) is 29.5 Å². The fourth-order valence-corrected chi connectivity index (χ4v) is 3.58. The predicted molar refractivity (Wildman–Crippen MR) is 81.0 cm³/mol. The number of carbonyl (C=O) groups is 1. The first-order chi connectivity index (χ1) is 10.3. The Morgan fingerprint density at radius 2 is 1.67 bits per heavy atom. The number of hydrogen-bond acceptors (Lipinski definition) is 2. The molecule has 0 bridgehead atoms. The molecular weight excluding hydrogens is 262 g/mol. The minimum atomic E-state index is -0.364. The molecule has 0 saturated carbocycles. The summed E-state index contributed by atoms with van der Waals surface area (Å²) in [7, 11) is 0. The number of benzene rings is 2. The average molecular weight is 279 g/mol. The van der Waals surface area contributed by atoms with Gasteiger partial charge in [0.25, 0.3) is 0 Å². The highest BCUT2D eigenvalue weighted by atomic mass is 16.5. The molecule has 1 spiro atoms. The van der Waals surface area contributed by atoms with Gasteiger partial charge in [-0.1, -0.05) is 48.5 Å². The average Bonchev–Trinajstić information content (AvgIpc) is 3.06. The van der Waals surface area contributed by atoms with Crippen LogP contribution in [0.3, 0.4) is 0 Å². The first-order valence-corrected chi connectivity index (χ1v) is 7.34. The molecule has 1 amide bonds. The van der Waals surface area contributed by atoms with Crippen molar-refractivity contribution >= 4 is 11.6 Å². The fraction of sp³-hybridized carbons (Fsp3) is 0.278. The molecule has 106 valence electrons. The third kappa shape index (κ3) is 1.74. The Kier molecular flexibility index (Phi) is 2.82. The van der Waals surface area contributed by atoms with E-state index in [2.05, 4.69) is 12.1 Å². The van der Waals surface area contributed by atoms with Crippen molar-refractivity contribution in [3.8, 4) is 0 Å². The summed E-state index contributed by atoms with van der Waals surface area (Å²) in [5.41, 5.74) is 1.79. The van der Waals surface area contributed by atoms with E-state index in [9.17, 15) is 4.79 Å². The van der Waals surface area contributed by atoms with Gasteiger partial charge in [-0.2, -0.15) is 0 Å². The SMILES string of the molecule is O=C1N(c2ccccc2)[C@@H](c2ccccc2)[C@]12CCOC2. The molecule has 4 rings (SSSR count). The number of hydrogen-bond donors (Lipinski definition) is 0. The Morgan fingerprint density at radius 3 is 2.29 bits per heavy atom. The smallest absolute Gasteiger partial charge is 0.238 e. The van der Waals surface area contributed by atoms with E-state index in [0.29, 0.717) is 13.2 Å². The monoisotopic (exact) mass is 279 g/mol. The molecule has 2 aromatic carbocycles. The number of β-lactam (4-membered cyclic amide) rings is 1. The minimum absolute atomic E-state index is 0.0797. The van der Waals surface area contributed by atoms with Crippen LogP contribution in [0.5, 0.6) is 0 Å². The van der Waals surface area contributed by atoms with Crippen LogP contribution >= 0.6 is 0 Å². The summed E-state index contributed by atoms with van der Waals surface area (Å²) in [6, 6.07) is 20.3. The van der Waals surface area contributed by atoms with E-state index in [1.807, 2.05) is 53.4 Å². The molecule has 0 aromatic heterocycles. The van der Waals surface area contributed by atoms with Crippen molar-refractivity contribution in [1.29, 1.82) is 0 Å². The number of anilines is 1. The van der Waals surface area contributed by atoms with Gasteiger partial charge in [-0.25, -0.2) is 0 Å². The van der Waals surface area contributed by atoms with Crippen LogP contribution in [0.15, 0.2) is 60.7 Å². The number of amides is 1. The number of nitrogens with zero attached hydrogens (tertiary/aromatic N) is 1. The predicted octanol–water partition coefficient (Wildman–Crippen LogP) is 3.18. The molecule has 0 radical (unpaired) electrons.